The minimum Gasteiger partial charge on any atom is -0.444 e. The average Bonchev–Trinajstić information content (AvgIpc) is 2.98. The lowest BCUT2D eigenvalue weighted by atomic mass is 9.93. The summed E-state index contributed by atoms with van der Waals surface area (Å²) in [6.45, 7) is 5.31. The number of Topliss-reactive ketones (excluding diaryl/α,β-unsaturated/α-hetero) is 1. The lowest BCUT2D eigenvalue weighted by Gasteiger charge is -2.34. The fourth-order valence-corrected chi connectivity index (χ4v) is 2.54. The van der Waals surface area contributed by atoms with Crippen LogP contribution in [0.3, 0.4) is 0 Å². The van der Waals surface area contributed by atoms with Crippen LogP contribution in [0.5, 0.6) is 0 Å². The standard InChI is InChI=1S/C17H23NO5/c1-17(2,3)15-18(13(11-22-15)14(20)9-19)16(21)23-10-12-7-5-4-6-8-12/h4-8,13,15,19H,9-11H2,1-3H3/t13-,15+/m1/s1. The van der Waals surface area contributed by atoms with Crippen LogP contribution in [-0.4, -0.2) is 47.4 Å². The fourth-order valence-electron chi connectivity index (χ4n) is 2.54. The summed E-state index contributed by atoms with van der Waals surface area (Å²) in [5.41, 5.74) is 0.481. The highest BCUT2D eigenvalue weighted by molar-refractivity contribution is 5.88. The van der Waals surface area contributed by atoms with Gasteiger partial charge >= 0.3 is 6.09 Å². The molecular formula is C17H23NO5. The monoisotopic (exact) mass is 321 g/mol. The van der Waals surface area contributed by atoms with Crippen LogP contribution in [0.15, 0.2) is 30.3 Å². The maximum atomic E-state index is 12.5. The summed E-state index contributed by atoms with van der Waals surface area (Å²) in [5, 5.41) is 9.11. The van der Waals surface area contributed by atoms with Gasteiger partial charge in [-0.2, -0.15) is 0 Å². The van der Waals surface area contributed by atoms with E-state index in [1.807, 2.05) is 51.1 Å². The Morgan fingerprint density at radius 3 is 2.52 bits per heavy atom. The first-order chi connectivity index (χ1) is 10.8. The molecule has 0 saturated carbocycles. The molecule has 126 valence electrons. The van der Waals surface area contributed by atoms with Crippen LogP contribution in [0.2, 0.25) is 0 Å². The van der Waals surface area contributed by atoms with Crippen molar-refractivity contribution in [3.63, 3.8) is 0 Å². The van der Waals surface area contributed by atoms with E-state index >= 15 is 0 Å². The zero-order valence-electron chi connectivity index (χ0n) is 13.7. The third kappa shape index (κ3) is 4.09. The van der Waals surface area contributed by atoms with Gasteiger partial charge in [-0.25, -0.2) is 4.79 Å². The van der Waals surface area contributed by atoms with Gasteiger partial charge in [0, 0.05) is 5.41 Å². The smallest absolute Gasteiger partial charge is 0.412 e. The number of hydrogen-bond acceptors (Lipinski definition) is 5. The van der Waals surface area contributed by atoms with Crippen molar-refractivity contribution in [2.24, 2.45) is 5.41 Å². The molecule has 1 aliphatic heterocycles. The van der Waals surface area contributed by atoms with Gasteiger partial charge in [-0.1, -0.05) is 51.1 Å². The maximum Gasteiger partial charge on any atom is 0.412 e. The first-order valence-electron chi connectivity index (χ1n) is 7.59. The molecular weight excluding hydrogens is 298 g/mol. The maximum absolute atomic E-state index is 12.5. The Morgan fingerprint density at radius 2 is 1.96 bits per heavy atom. The number of ketones is 1. The van der Waals surface area contributed by atoms with Crippen molar-refractivity contribution in [3.05, 3.63) is 35.9 Å². The molecule has 6 nitrogen and oxygen atoms in total. The molecule has 1 aliphatic rings. The summed E-state index contributed by atoms with van der Waals surface area (Å²) in [6, 6.07) is 8.49. The van der Waals surface area contributed by atoms with Gasteiger partial charge in [-0.05, 0) is 5.56 Å². The molecule has 1 aromatic rings. The molecule has 2 rings (SSSR count). The average molecular weight is 321 g/mol. The van der Waals surface area contributed by atoms with Crippen molar-refractivity contribution in [1.82, 2.24) is 4.90 Å². The molecule has 1 aromatic carbocycles. The van der Waals surface area contributed by atoms with Gasteiger partial charge in [-0.15, -0.1) is 0 Å². The Balaban J connectivity index is 2.12. The van der Waals surface area contributed by atoms with Gasteiger partial charge in [0.25, 0.3) is 0 Å². The van der Waals surface area contributed by atoms with Crippen molar-refractivity contribution in [2.75, 3.05) is 13.2 Å². The van der Waals surface area contributed by atoms with Crippen LogP contribution in [-0.2, 0) is 20.9 Å². The highest BCUT2D eigenvalue weighted by Gasteiger charge is 2.47. The second kappa shape index (κ2) is 7.10. The predicted octanol–water partition coefficient (Wildman–Crippen LogP) is 1.96. The molecule has 1 N–H and O–H groups in total. The molecule has 0 unspecified atom stereocenters. The van der Waals surface area contributed by atoms with Gasteiger partial charge in [0.05, 0.1) is 6.61 Å². The molecule has 6 heteroatoms. The minimum absolute atomic E-state index is 0.0712. The topological polar surface area (TPSA) is 76.1 Å². The van der Waals surface area contributed by atoms with Crippen LogP contribution >= 0.6 is 0 Å². The number of aliphatic hydroxyl groups excluding tert-OH is 1. The number of carbonyl (C=O) groups excluding carboxylic acids is 2. The van der Waals surface area contributed by atoms with E-state index in [1.165, 1.54) is 4.90 Å². The van der Waals surface area contributed by atoms with E-state index < -0.39 is 30.8 Å². The number of carbonyl (C=O) groups is 2. The van der Waals surface area contributed by atoms with E-state index in [-0.39, 0.29) is 18.6 Å². The largest absolute Gasteiger partial charge is 0.444 e. The summed E-state index contributed by atoms with van der Waals surface area (Å²) < 4.78 is 11.0. The Labute approximate surface area is 136 Å². The number of hydrogen-bond donors (Lipinski definition) is 1. The molecule has 0 bridgehead atoms. The van der Waals surface area contributed by atoms with Gasteiger partial charge in [-0.3, -0.25) is 9.69 Å². The Morgan fingerprint density at radius 1 is 1.30 bits per heavy atom. The number of benzene rings is 1. The zero-order valence-corrected chi connectivity index (χ0v) is 13.7. The molecule has 1 saturated heterocycles. The van der Waals surface area contributed by atoms with E-state index in [4.69, 9.17) is 14.6 Å². The zero-order chi connectivity index (χ0) is 17.0. The summed E-state index contributed by atoms with van der Waals surface area (Å²) in [6.07, 6.45) is -1.19. The van der Waals surface area contributed by atoms with Gasteiger partial charge in [0.15, 0.2) is 5.78 Å². The van der Waals surface area contributed by atoms with Crippen molar-refractivity contribution in [2.45, 2.75) is 39.6 Å². The second-order valence-corrected chi connectivity index (χ2v) is 6.64. The molecule has 1 fully saturated rings. The molecule has 2 atom stereocenters. The molecule has 1 heterocycles. The van der Waals surface area contributed by atoms with Crippen LogP contribution in [0, 0.1) is 5.41 Å². The highest BCUT2D eigenvalue weighted by Crippen LogP contribution is 2.32. The van der Waals surface area contributed by atoms with E-state index in [2.05, 4.69) is 0 Å². The van der Waals surface area contributed by atoms with Crippen molar-refractivity contribution < 1.29 is 24.2 Å². The molecule has 0 aliphatic carbocycles. The number of ether oxygens (including phenoxy) is 2. The summed E-state index contributed by atoms with van der Waals surface area (Å²) in [5.74, 6) is -0.451. The molecule has 0 radical (unpaired) electrons. The third-order valence-corrected chi connectivity index (χ3v) is 3.68. The van der Waals surface area contributed by atoms with Gasteiger partial charge < -0.3 is 14.6 Å². The summed E-state index contributed by atoms with van der Waals surface area (Å²) in [7, 11) is 0. The Kier molecular flexibility index (Phi) is 5.38. The fraction of sp³-hybridized carbons (Fsp3) is 0.529. The van der Waals surface area contributed by atoms with E-state index in [1.54, 1.807) is 0 Å². The Hall–Kier alpha value is -1.92. The predicted molar refractivity (Wildman–Crippen MR) is 83.5 cm³/mol. The number of aliphatic hydroxyl groups is 1. The van der Waals surface area contributed by atoms with Crippen LogP contribution in [0.1, 0.15) is 26.3 Å². The van der Waals surface area contributed by atoms with Crippen molar-refractivity contribution in [3.8, 4) is 0 Å². The van der Waals surface area contributed by atoms with Crippen LogP contribution < -0.4 is 0 Å². The third-order valence-electron chi connectivity index (χ3n) is 3.68. The van der Waals surface area contributed by atoms with E-state index in [9.17, 15) is 9.59 Å². The van der Waals surface area contributed by atoms with E-state index in [0.717, 1.165) is 5.56 Å². The van der Waals surface area contributed by atoms with E-state index in [0.29, 0.717) is 0 Å². The van der Waals surface area contributed by atoms with Gasteiger partial charge in [0.2, 0.25) is 0 Å². The summed E-state index contributed by atoms with van der Waals surface area (Å²) >= 11 is 0. The number of rotatable bonds is 4. The summed E-state index contributed by atoms with van der Waals surface area (Å²) in [4.78, 5) is 25.7. The lowest BCUT2D eigenvalue weighted by Crippen LogP contribution is -2.50. The quantitative estimate of drug-likeness (QED) is 0.917. The SMILES string of the molecule is CC(C)(C)[C@@H]1OC[C@H](C(=O)CO)N1C(=O)OCc1ccccc1. The first-order valence-corrected chi connectivity index (χ1v) is 7.59. The van der Waals surface area contributed by atoms with Crippen molar-refractivity contribution >= 4 is 11.9 Å². The highest BCUT2D eigenvalue weighted by atomic mass is 16.6. The molecule has 0 spiro atoms. The van der Waals surface area contributed by atoms with Gasteiger partial charge in [0.1, 0.15) is 25.5 Å². The number of amides is 1. The lowest BCUT2D eigenvalue weighted by molar-refractivity contribution is -0.126. The second-order valence-electron chi connectivity index (χ2n) is 6.64. The molecule has 1 amide bonds. The normalized spacial score (nSPS) is 21.3. The molecule has 23 heavy (non-hydrogen) atoms. The van der Waals surface area contributed by atoms with Crippen LogP contribution in [0.4, 0.5) is 4.79 Å². The first kappa shape index (κ1) is 17.4. The number of nitrogens with zero attached hydrogens (tertiary/aromatic N) is 1. The van der Waals surface area contributed by atoms with Crippen LogP contribution in [0.25, 0.3) is 0 Å². The molecule has 0 aromatic heterocycles. The Bertz CT molecular complexity index is 552. The minimum atomic E-state index is -0.813. The van der Waals surface area contributed by atoms with Crippen molar-refractivity contribution in [1.29, 1.82) is 0 Å².